The molecule has 4 rings (SSSR count). The molecule has 2 heterocycles. The fourth-order valence-corrected chi connectivity index (χ4v) is 3.65. The highest BCUT2D eigenvalue weighted by Crippen LogP contribution is 2.39. The van der Waals surface area contributed by atoms with Crippen LogP contribution in [-0.2, 0) is 11.3 Å². The normalized spacial score (nSPS) is 19.2. The molecule has 0 unspecified atom stereocenters. The number of nitrogens with zero attached hydrogens (tertiary/aromatic N) is 2. The van der Waals surface area contributed by atoms with Gasteiger partial charge in [0.1, 0.15) is 0 Å². The van der Waals surface area contributed by atoms with Crippen molar-refractivity contribution >= 4 is 11.6 Å². The number of para-hydroxylation sites is 1. The molecule has 2 N–H and O–H groups in total. The third kappa shape index (κ3) is 2.96. The van der Waals surface area contributed by atoms with Gasteiger partial charge in [0.05, 0.1) is 18.7 Å². The highest BCUT2D eigenvalue weighted by atomic mass is 16.4. The summed E-state index contributed by atoms with van der Waals surface area (Å²) in [4.78, 5) is 18.5. The summed E-state index contributed by atoms with van der Waals surface area (Å²) in [5, 5.41) is 0. The van der Waals surface area contributed by atoms with Gasteiger partial charge in [-0.05, 0) is 25.0 Å². The van der Waals surface area contributed by atoms with Crippen molar-refractivity contribution in [2.24, 2.45) is 5.73 Å². The van der Waals surface area contributed by atoms with E-state index in [2.05, 4.69) is 16.8 Å². The van der Waals surface area contributed by atoms with E-state index in [4.69, 9.17) is 10.2 Å². The Balaban J connectivity index is 1.63. The molecule has 0 bridgehead atoms. The van der Waals surface area contributed by atoms with Gasteiger partial charge in [0.2, 0.25) is 11.8 Å². The largest absolute Gasteiger partial charge is 0.439 e. The van der Waals surface area contributed by atoms with Crippen LogP contribution in [-0.4, -0.2) is 16.9 Å². The summed E-state index contributed by atoms with van der Waals surface area (Å²) in [6.45, 7) is 2.66. The quantitative estimate of drug-likeness (QED) is 0.781. The van der Waals surface area contributed by atoms with Crippen LogP contribution >= 0.6 is 0 Å². The Morgan fingerprint density at radius 2 is 1.92 bits per heavy atom. The molecule has 2 atom stereocenters. The van der Waals surface area contributed by atoms with Gasteiger partial charge in [0, 0.05) is 17.3 Å². The summed E-state index contributed by atoms with van der Waals surface area (Å²) < 4.78 is 5.97. The number of fused-ring (bicyclic) bond motifs is 1. The number of nitrogens with two attached hydrogens (primary N) is 1. The van der Waals surface area contributed by atoms with Gasteiger partial charge >= 0.3 is 0 Å². The third-order valence-corrected chi connectivity index (χ3v) is 4.99. The second kappa shape index (κ2) is 6.67. The smallest absolute Gasteiger partial charge is 0.225 e. The summed E-state index contributed by atoms with van der Waals surface area (Å²) in [6, 6.07) is 18.0. The third-order valence-electron chi connectivity index (χ3n) is 4.99. The van der Waals surface area contributed by atoms with Crippen LogP contribution in [0.1, 0.15) is 30.7 Å². The first-order valence-electron chi connectivity index (χ1n) is 8.78. The zero-order chi connectivity index (χ0) is 18.1. The zero-order valence-electron chi connectivity index (χ0n) is 14.6. The Kier molecular flexibility index (Phi) is 4.21. The van der Waals surface area contributed by atoms with Gasteiger partial charge in [-0.15, -0.1) is 0 Å². The topological polar surface area (TPSA) is 72.4 Å². The van der Waals surface area contributed by atoms with Gasteiger partial charge in [-0.1, -0.05) is 48.5 Å². The van der Waals surface area contributed by atoms with Gasteiger partial charge in [-0.3, -0.25) is 4.79 Å². The average Bonchev–Trinajstić information content (AvgIpc) is 3.13. The van der Waals surface area contributed by atoms with Crippen molar-refractivity contribution < 1.29 is 9.21 Å². The van der Waals surface area contributed by atoms with Gasteiger partial charge in [-0.2, -0.15) is 0 Å². The summed E-state index contributed by atoms with van der Waals surface area (Å²) in [6.07, 6.45) is 2.45. The van der Waals surface area contributed by atoms with Crippen molar-refractivity contribution in [1.29, 1.82) is 0 Å². The van der Waals surface area contributed by atoms with Crippen LogP contribution in [0.3, 0.4) is 0 Å². The number of rotatable bonds is 4. The van der Waals surface area contributed by atoms with E-state index >= 15 is 0 Å². The van der Waals surface area contributed by atoms with Crippen LogP contribution in [0, 0.1) is 0 Å². The van der Waals surface area contributed by atoms with Crippen LogP contribution < -0.4 is 10.6 Å². The lowest BCUT2D eigenvalue weighted by Gasteiger charge is -2.39. The highest BCUT2D eigenvalue weighted by molar-refractivity contribution is 5.85. The number of benzene rings is 2. The number of oxazole rings is 1. The number of hydrogen-bond acceptors (Lipinski definition) is 4. The summed E-state index contributed by atoms with van der Waals surface area (Å²) in [5.41, 5.74) is 8.63. The van der Waals surface area contributed by atoms with E-state index in [1.165, 1.54) is 0 Å². The Morgan fingerprint density at radius 3 is 2.69 bits per heavy atom. The Hall–Kier alpha value is -3.08. The lowest BCUT2D eigenvalue weighted by atomic mass is 9.85. The summed E-state index contributed by atoms with van der Waals surface area (Å²) in [7, 11) is 0. The molecule has 0 saturated carbocycles. The van der Waals surface area contributed by atoms with E-state index in [1.807, 2.05) is 54.6 Å². The number of hydrogen-bond donors (Lipinski definition) is 1. The van der Waals surface area contributed by atoms with Crippen molar-refractivity contribution in [2.75, 3.05) is 4.90 Å². The maximum absolute atomic E-state index is 11.9. The minimum atomic E-state index is -0.272. The maximum Gasteiger partial charge on any atom is 0.225 e. The first-order chi connectivity index (χ1) is 12.6. The molecule has 26 heavy (non-hydrogen) atoms. The second-order valence-electron chi connectivity index (χ2n) is 6.71. The van der Waals surface area contributed by atoms with E-state index < -0.39 is 0 Å². The summed E-state index contributed by atoms with van der Waals surface area (Å²) >= 11 is 0. The van der Waals surface area contributed by atoms with E-state index in [9.17, 15) is 4.79 Å². The van der Waals surface area contributed by atoms with Gasteiger partial charge in [0.25, 0.3) is 0 Å². The molecule has 0 radical (unpaired) electrons. The van der Waals surface area contributed by atoms with E-state index in [0.717, 1.165) is 22.6 Å². The molecular weight excluding hydrogens is 326 g/mol. The molecule has 5 heteroatoms. The van der Waals surface area contributed by atoms with Crippen molar-refractivity contribution in [3.8, 4) is 11.3 Å². The second-order valence-corrected chi connectivity index (χ2v) is 6.71. The SMILES string of the molecule is C[C@@H]1C[C@H](C(N)=O)c2ccccc2N1Cc1ncc(-c2ccccc2)o1. The average molecular weight is 347 g/mol. The Morgan fingerprint density at radius 1 is 1.19 bits per heavy atom. The molecule has 1 amide bonds. The number of anilines is 1. The Labute approximate surface area is 152 Å². The molecule has 132 valence electrons. The van der Waals surface area contributed by atoms with Crippen LogP contribution in [0.15, 0.2) is 65.2 Å². The van der Waals surface area contributed by atoms with E-state index in [0.29, 0.717) is 18.9 Å². The first-order valence-corrected chi connectivity index (χ1v) is 8.78. The Bertz CT molecular complexity index is 920. The molecule has 0 spiro atoms. The standard InChI is InChI=1S/C21H21N3O2/c1-14-11-17(21(22)25)16-9-5-6-10-18(16)24(14)13-20-23-12-19(26-20)15-7-3-2-4-8-15/h2-10,12,14,17H,11,13H2,1H3,(H2,22,25)/t14-,17+/m1/s1. The molecule has 0 fully saturated rings. The van der Waals surface area contributed by atoms with Crippen molar-refractivity contribution in [2.45, 2.75) is 31.8 Å². The fourth-order valence-electron chi connectivity index (χ4n) is 3.65. The lowest BCUT2D eigenvalue weighted by molar-refractivity contribution is -0.119. The molecule has 1 aliphatic rings. The molecule has 1 aromatic heterocycles. The molecule has 5 nitrogen and oxygen atoms in total. The van der Waals surface area contributed by atoms with Crippen molar-refractivity contribution in [3.63, 3.8) is 0 Å². The zero-order valence-corrected chi connectivity index (χ0v) is 14.6. The predicted octanol–water partition coefficient (Wildman–Crippen LogP) is 3.71. The van der Waals surface area contributed by atoms with Crippen LogP contribution in [0.5, 0.6) is 0 Å². The fraction of sp³-hybridized carbons (Fsp3) is 0.238. The maximum atomic E-state index is 11.9. The number of amides is 1. The number of carbonyl (C=O) groups is 1. The monoisotopic (exact) mass is 347 g/mol. The van der Waals surface area contributed by atoms with Gasteiger partial charge < -0.3 is 15.1 Å². The van der Waals surface area contributed by atoms with Crippen LogP contribution in [0.4, 0.5) is 5.69 Å². The number of primary amides is 1. The summed E-state index contributed by atoms with van der Waals surface area (Å²) in [5.74, 6) is 0.893. The molecule has 0 saturated heterocycles. The van der Waals surface area contributed by atoms with E-state index in [-0.39, 0.29) is 17.9 Å². The number of carbonyl (C=O) groups excluding carboxylic acids is 1. The minimum absolute atomic E-state index is 0.162. The molecule has 3 aromatic rings. The molecular formula is C21H21N3O2. The van der Waals surface area contributed by atoms with E-state index in [1.54, 1.807) is 6.20 Å². The van der Waals surface area contributed by atoms with Crippen molar-refractivity contribution in [3.05, 3.63) is 72.2 Å². The molecule has 0 aliphatic carbocycles. The van der Waals surface area contributed by atoms with Gasteiger partial charge in [0.15, 0.2) is 5.76 Å². The molecule has 2 aromatic carbocycles. The highest BCUT2D eigenvalue weighted by Gasteiger charge is 2.33. The van der Waals surface area contributed by atoms with Gasteiger partial charge in [-0.25, -0.2) is 4.98 Å². The minimum Gasteiger partial charge on any atom is -0.439 e. The number of aromatic nitrogens is 1. The first kappa shape index (κ1) is 16.4. The van der Waals surface area contributed by atoms with Crippen LogP contribution in [0.25, 0.3) is 11.3 Å². The molecule has 1 aliphatic heterocycles. The lowest BCUT2D eigenvalue weighted by Crippen LogP contribution is -2.41. The van der Waals surface area contributed by atoms with Crippen LogP contribution in [0.2, 0.25) is 0 Å². The van der Waals surface area contributed by atoms with Crippen molar-refractivity contribution in [1.82, 2.24) is 4.98 Å². The predicted molar refractivity (Wildman–Crippen MR) is 101 cm³/mol.